The molecule has 1 aromatic heterocycles. The van der Waals surface area contributed by atoms with Gasteiger partial charge in [-0.05, 0) is 18.9 Å². The van der Waals surface area contributed by atoms with Crippen LogP contribution in [0.4, 0.5) is 11.5 Å². The second kappa shape index (κ2) is 5.66. The first-order chi connectivity index (χ1) is 9.44. The molecule has 0 aromatic carbocycles. The smallest absolute Gasteiger partial charge is 0.341 e. The zero-order valence-electron chi connectivity index (χ0n) is 11.1. The molecule has 8 heteroatoms. The number of methoxy groups -OCH3 is 1. The van der Waals surface area contributed by atoms with Crippen molar-refractivity contribution in [3.63, 3.8) is 0 Å². The number of nitrogens with zero attached hydrogens (tertiary/aromatic N) is 1. The van der Waals surface area contributed by atoms with Crippen molar-refractivity contribution in [3.8, 4) is 0 Å². The summed E-state index contributed by atoms with van der Waals surface area (Å²) in [6, 6.07) is 1.45. The van der Waals surface area contributed by atoms with Crippen LogP contribution in [0.5, 0.6) is 0 Å². The summed E-state index contributed by atoms with van der Waals surface area (Å²) in [5.74, 6) is -0.0621. The Balaban J connectivity index is 2.15. The Labute approximate surface area is 117 Å². The lowest BCUT2D eigenvalue weighted by atomic mass is 10.2. The molecule has 1 saturated heterocycles. The van der Waals surface area contributed by atoms with Gasteiger partial charge in [-0.2, -0.15) is 0 Å². The molecule has 20 heavy (non-hydrogen) atoms. The molecule has 2 rings (SSSR count). The summed E-state index contributed by atoms with van der Waals surface area (Å²) in [5.41, 5.74) is 6.12. The molecule has 7 nitrogen and oxygen atoms in total. The van der Waals surface area contributed by atoms with Crippen molar-refractivity contribution in [2.75, 3.05) is 30.5 Å². The molecule has 1 atom stereocenters. The van der Waals surface area contributed by atoms with E-state index >= 15 is 0 Å². The zero-order chi connectivity index (χ0) is 14.8. The molecule has 0 saturated carbocycles. The Bertz CT molecular complexity index is 615. The van der Waals surface area contributed by atoms with Crippen LogP contribution < -0.4 is 11.1 Å². The van der Waals surface area contributed by atoms with E-state index < -0.39 is 21.1 Å². The van der Waals surface area contributed by atoms with Crippen LogP contribution >= 0.6 is 0 Å². The number of rotatable bonds is 4. The van der Waals surface area contributed by atoms with Crippen LogP contribution in [0.3, 0.4) is 0 Å². The molecule has 0 bridgehead atoms. The van der Waals surface area contributed by atoms with E-state index in [1.807, 2.05) is 0 Å². The molecular formula is C12H17N3O4S. The van der Waals surface area contributed by atoms with Gasteiger partial charge >= 0.3 is 5.97 Å². The second-order valence-electron chi connectivity index (χ2n) is 4.67. The van der Waals surface area contributed by atoms with E-state index in [0.717, 1.165) is 0 Å². The average Bonchev–Trinajstić information content (AvgIpc) is 2.75. The number of nitrogens with two attached hydrogens (primary N) is 1. The van der Waals surface area contributed by atoms with Crippen molar-refractivity contribution in [3.05, 3.63) is 17.8 Å². The van der Waals surface area contributed by atoms with E-state index in [1.165, 1.54) is 19.4 Å². The summed E-state index contributed by atoms with van der Waals surface area (Å²) in [6.07, 6.45) is 2.70. The minimum absolute atomic E-state index is 0.197. The van der Waals surface area contributed by atoms with Gasteiger partial charge in [0.25, 0.3) is 0 Å². The first-order valence-corrected chi connectivity index (χ1v) is 7.95. The summed E-state index contributed by atoms with van der Waals surface area (Å²) in [4.78, 5) is 15.7. The van der Waals surface area contributed by atoms with Gasteiger partial charge in [0.2, 0.25) is 0 Å². The highest BCUT2D eigenvalue weighted by Gasteiger charge is 2.31. The lowest BCUT2D eigenvalue weighted by Gasteiger charge is -2.13. The van der Waals surface area contributed by atoms with Crippen LogP contribution in [0.15, 0.2) is 12.3 Å². The standard InChI is InChI=1S/C12H17N3O4S/c1-19-12(16)10-5-8(13)6-14-11(10)15-7-9-3-2-4-20(9,17)18/h5-6,9H,2-4,7,13H2,1H3,(H,14,15). The van der Waals surface area contributed by atoms with Crippen molar-refractivity contribution >= 4 is 27.3 Å². The number of ether oxygens (including phenoxy) is 1. The van der Waals surface area contributed by atoms with Gasteiger partial charge in [0, 0.05) is 6.54 Å². The van der Waals surface area contributed by atoms with Gasteiger partial charge in [0.05, 0.1) is 30.0 Å². The van der Waals surface area contributed by atoms with Crippen molar-refractivity contribution in [2.24, 2.45) is 0 Å². The minimum Gasteiger partial charge on any atom is -0.465 e. The van der Waals surface area contributed by atoms with Gasteiger partial charge in [-0.3, -0.25) is 0 Å². The van der Waals surface area contributed by atoms with Gasteiger partial charge in [-0.1, -0.05) is 0 Å². The molecule has 110 valence electrons. The molecule has 1 aliphatic rings. The fourth-order valence-electron chi connectivity index (χ4n) is 2.19. The topological polar surface area (TPSA) is 111 Å². The number of aromatic nitrogens is 1. The van der Waals surface area contributed by atoms with Gasteiger partial charge in [0.1, 0.15) is 11.4 Å². The molecule has 1 aliphatic heterocycles. The Morgan fingerprint density at radius 1 is 1.60 bits per heavy atom. The van der Waals surface area contributed by atoms with E-state index in [0.29, 0.717) is 18.5 Å². The second-order valence-corrected chi connectivity index (χ2v) is 7.07. The molecule has 3 N–H and O–H groups in total. The Morgan fingerprint density at radius 3 is 2.95 bits per heavy atom. The van der Waals surface area contributed by atoms with Crippen LogP contribution in [0, 0.1) is 0 Å². The Hall–Kier alpha value is -1.83. The number of anilines is 2. The number of hydrogen-bond acceptors (Lipinski definition) is 7. The van der Waals surface area contributed by atoms with Crippen LogP contribution in [0.1, 0.15) is 23.2 Å². The van der Waals surface area contributed by atoms with E-state index in [-0.39, 0.29) is 23.7 Å². The molecule has 1 unspecified atom stereocenters. The number of esters is 1. The van der Waals surface area contributed by atoms with Crippen molar-refractivity contribution in [2.45, 2.75) is 18.1 Å². The lowest BCUT2D eigenvalue weighted by Crippen LogP contribution is -2.26. The Kier molecular flexibility index (Phi) is 4.12. The SMILES string of the molecule is COC(=O)c1cc(N)cnc1NCC1CCCS1(=O)=O. The molecule has 1 aromatic rings. The van der Waals surface area contributed by atoms with Crippen LogP contribution in [0.25, 0.3) is 0 Å². The first kappa shape index (κ1) is 14.6. The maximum absolute atomic E-state index is 11.7. The zero-order valence-corrected chi connectivity index (χ0v) is 11.9. The lowest BCUT2D eigenvalue weighted by molar-refractivity contribution is 0.0601. The molecular weight excluding hydrogens is 282 g/mol. The number of sulfone groups is 1. The largest absolute Gasteiger partial charge is 0.465 e. The van der Waals surface area contributed by atoms with Gasteiger partial charge < -0.3 is 15.8 Å². The number of carbonyl (C=O) groups excluding carboxylic acids is 1. The summed E-state index contributed by atoms with van der Waals surface area (Å²) >= 11 is 0. The third-order valence-corrected chi connectivity index (χ3v) is 5.55. The highest BCUT2D eigenvalue weighted by molar-refractivity contribution is 7.92. The van der Waals surface area contributed by atoms with Crippen LogP contribution in [-0.4, -0.2) is 44.0 Å². The molecule has 0 aliphatic carbocycles. The third-order valence-electron chi connectivity index (χ3n) is 3.27. The van der Waals surface area contributed by atoms with Gasteiger partial charge in [-0.15, -0.1) is 0 Å². The monoisotopic (exact) mass is 299 g/mol. The molecule has 2 heterocycles. The maximum Gasteiger partial charge on any atom is 0.341 e. The van der Waals surface area contributed by atoms with E-state index in [9.17, 15) is 13.2 Å². The van der Waals surface area contributed by atoms with Gasteiger partial charge in [0.15, 0.2) is 9.84 Å². The fraction of sp³-hybridized carbons (Fsp3) is 0.500. The number of pyridine rings is 1. The van der Waals surface area contributed by atoms with Gasteiger partial charge in [-0.25, -0.2) is 18.2 Å². The molecule has 0 radical (unpaired) electrons. The summed E-state index contributed by atoms with van der Waals surface area (Å²) in [7, 11) is -1.77. The fourth-order valence-corrected chi connectivity index (χ4v) is 3.95. The number of carbonyl (C=O) groups is 1. The highest BCUT2D eigenvalue weighted by Crippen LogP contribution is 2.22. The predicted molar refractivity (Wildman–Crippen MR) is 75.3 cm³/mol. The van der Waals surface area contributed by atoms with Crippen molar-refractivity contribution < 1.29 is 17.9 Å². The summed E-state index contributed by atoms with van der Waals surface area (Å²) in [6.45, 7) is 0.225. The summed E-state index contributed by atoms with van der Waals surface area (Å²) in [5, 5.41) is 2.47. The van der Waals surface area contributed by atoms with E-state index in [4.69, 9.17) is 5.73 Å². The summed E-state index contributed by atoms with van der Waals surface area (Å²) < 4.78 is 28.1. The minimum atomic E-state index is -3.04. The van der Waals surface area contributed by atoms with E-state index in [1.54, 1.807) is 0 Å². The first-order valence-electron chi connectivity index (χ1n) is 6.23. The number of nitrogen functional groups attached to an aromatic ring is 1. The van der Waals surface area contributed by atoms with Crippen LogP contribution in [0.2, 0.25) is 0 Å². The predicted octanol–water partition coefficient (Wildman–Crippen LogP) is 0.439. The third kappa shape index (κ3) is 3.01. The number of nitrogens with one attached hydrogen (secondary N) is 1. The highest BCUT2D eigenvalue weighted by atomic mass is 32.2. The molecule has 0 spiro atoms. The molecule has 0 amide bonds. The van der Waals surface area contributed by atoms with Crippen molar-refractivity contribution in [1.82, 2.24) is 4.98 Å². The van der Waals surface area contributed by atoms with Crippen molar-refractivity contribution in [1.29, 1.82) is 0 Å². The number of hydrogen-bond donors (Lipinski definition) is 2. The molecule has 1 fully saturated rings. The maximum atomic E-state index is 11.7. The van der Waals surface area contributed by atoms with E-state index in [2.05, 4.69) is 15.0 Å². The van der Waals surface area contributed by atoms with Crippen LogP contribution in [-0.2, 0) is 14.6 Å². The normalized spacial score (nSPS) is 20.6. The Morgan fingerprint density at radius 2 is 2.35 bits per heavy atom. The average molecular weight is 299 g/mol. The quantitative estimate of drug-likeness (QED) is 0.776.